The summed E-state index contributed by atoms with van der Waals surface area (Å²) in [6.07, 6.45) is 3.06. The number of aryl methyl sites for hydroxylation is 3. The third-order valence-corrected chi connectivity index (χ3v) is 7.69. The van der Waals surface area contributed by atoms with E-state index < -0.39 is 0 Å². The molecule has 174 valence electrons. The summed E-state index contributed by atoms with van der Waals surface area (Å²) in [5.41, 5.74) is 9.09. The lowest BCUT2D eigenvalue weighted by molar-refractivity contribution is -0.692. The topological polar surface area (TPSA) is 7.76 Å². The number of hydrogen-bond acceptors (Lipinski definition) is 0. The van der Waals surface area contributed by atoms with Gasteiger partial charge in [0.1, 0.15) is 14.1 Å². The van der Waals surface area contributed by atoms with E-state index in [9.17, 15) is 0 Å². The second-order valence-electron chi connectivity index (χ2n) is 10.4. The van der Waals surface area contributed by atoms with Crippen molar-refractivity contribution < 1.29 is 9.13 Å². The van der Waals surface area contributed by atoms with Crippen LogP contribution >= 0.6 is 0 Å². The van der Waals surface area contributed by atoms with Gasteiger partial charge in [0, 0.05) is 24.3 Å². The molecule has 0 aliphatic heterocycles. The first-order chi connectivity index (χ1) is 16.2. The van der Waals surface area contributed by atoms with Gasteiger partial charge in [0.2, 0.25) is 0 Å². The van der Waals surface area contributed by atoms with Gasteiger partial charge in [0.05, 0.1) is 17.3 Å². The maximum atomic E-state index is 2.42. The Hall–Kier alpha value is -3.26. The third kappa shape index (κ3) is 4.18. The lowest BCUT2D eigenvalue weighted by Gasteiger charge is -2.29. The van der Waals surface area contributed by atoms with E-state index in [4.69, 9.17) is 0 Å². The van der Waals surface area contributed by atoms with Crippen LogP contribution in [0.2, 0.25) is 0 Å². The third-order valence-electron chi connectivity index (χ3n) is 7.69. The van der Waals surface area contributed by atoms with Crippen LogP contribution in [0.25, 0.3) is 0 Å². The summed E-state index contributed by atoms with van der Waals surface area (Å²) >= 11 is 0. The summed E-state index contributed by atoms with van der Waals surface area (Å²) < 4.78 is 4.69. The molecule has 1 atom stereocenters. The summed E-state index contributed by atoms with van der Waals surface area (Å²) in [7, 11) is 4.39. The predicted octanol–water partition coefficient (Wildman–Crippen LogP) is 5.83. The summed E-state index contributed by atoms with van der Waals surface area (Å²) in [6, 6.07) is 30.9. The van der Waals surface area contributed by atoms with E-state index in [0.29, 0.717) is 0 Å². The molecule has 0 spiro atoms. The molecular weight excluding hydrogens is 412 g/mol. The summed E-state index contributed by atoms with van der Waals surface area (Å²) in [5.74, 6) is 0. The average Bonchev–Trinajstić information content (AvgIpc) is 2.81. The maximum Gasteiger partial charge on any atom is 0.192 e. The van der Waals surface area contributed by atoms with Gasteiger partial charge in [-0.2, -0.15) is 0 Å². The average molecular weight is 451 g/mol. The van der Waals surface area contributed by atoms with Crippen LogP contribution in [0.3, 0.4) is 0 Å². The SMILES string of the molecule is Cc1ccccc1C(C)(C)c1cccc(CC(C)(c2ccccc2C)c2cccc[n+]2C)[n+]1C. The highest BCUT2D eigenvalue weighted by Crippen LogP contribution is 2.36. The van der Waals surface area contributed by atoms with Gasteiger partial charge in [-0.15, -0.1) is 0 Å². The molecule has 0 aliphatic carbocycles. The van der Waals surface area contributed by atoms with E-state index in [1.165, 1.54) is 39.3 Å². The molecule has 0 amide bonds. The van der Waals surface area contributed by atoms with Gasteiger partial charge >= 0.3 is 0 Å². The first-order valence-electron chi connectivity index (χ1n) is 12.2. The molecule has 2 aromatic carbocycles. The van der Waals surface area contributed by atoms with Gasteiger partial charge < -0.3 is 0 Å². The molecule has 0 bridgehead atoms. The molecule has 2 heterocycles. The first-order valence-corrected chi connectivity index (χ1v) is 12.2. The summed E-state index contributed by atoms with van der Waals surface area (Å²) in [4.78, 5) is 0. The fourth-order valence-corrected chi connectivity index (χ4v) is 5.82. The highest BCUT2D eigenvalue weighted by molar-refractivity contribution is 5.41. The Morgan fingerprint density at radius 1 is 0.618 bits per heavy atom. The Kier molecular flexibility index (Phi) is 6.45. The van der Waals surface area contributed by atoms with Crippen LogP contribution in [0.15, 0.2) is 91.1 Å². The molecule has 34 heavy (non-hydrogen) atoms. The van der Waals surface area contributed by atoms with Crippen molar-refractivity contribution in [2.45, 2.75) is 51.9 Å². The van der Waals surface area contributed by atoms with E-state index in [-0.39, 0.29) is 10.8 Å². The number of benzene rings is 2. The molecule has 2 aromatic heterocycles. The van der Waals surface area contributed by atoms with Gasteiger partial charge in [0.15, 0.2) is 23.3 Å². The van der Waals surface area contributed by atoms with Crippen LogP contribution in [-0.4, -0.2) is 0 Å². The molecule has 0 radical (unpaired) electrons. The monoisotopic (exact) mass is 450 g/mol. The van der Waals surface area contributed by atoms with Crippen LogP contribution < -0.4 is 9.13 Å². The maximum absolute atomic E-state index is 2.42. The molecule has 0 saturated carbocycles. The standard InChI is InChI=1S/C32H38N2/c1-24-15-8-10-18-27(24)31(3,4)29-21-14-17-26(34(29)7)23-32(5,28-19-11-9-16-25(28)2)30-20-12-13-22-33(30)6/h8-22H,23H2,1-7H3/q+2. The number of pyridine rings is 2. The molecule has 0 saturated heterocycles. The van der Waals surface area contributed by atoms with Crippen LogP contribution in [-0.2, 0) is 31.3 Å². The number of rotatable bonds is 6. The van der Waals surface area contributed by atoms with Crippen LogP contribution in [0, 0.1) is 13.8 Å². The Labute approximate surface area is 205 Å². The lowest BCUT2D eigenvalue weighted by atomic mass is 9.73. The fourth-order valence-electron chi connectivity index (χ4n) is 5.82. The fraction of sp³-hybridized carbons (Fsp3) is 0.312. The van der Waals surface area contributed by atoms with Gasteiger partial charge in [-0.05, 0) is 62.9 Å². The summed E-state index contributed by atoms with van der Waals surface area (Å²) in [5, 5.41) is 0. The van der Waals surface area contributed by atoms with Crippen molar-refractivity contribution in [3.05, 3.63) is 130 Å². The van der Waals surface area contributed by atoms with Crippen molar-refractivity contribution in [3.63, 3.8) is 0 Å². The minimum Gasteiger partial charge on any atom is -0.204 e. The molecule has 1 unspecified atom stereocenters. The zero-order valence-corrected chi connectivity index (χ0v) is 21.8. The zero-order chi connectivity index (χ0) is 24.5. The van der Waals surface area contributed by atoms with Crippen LogP contribution in [0.5, 0.6) is 0 Å². The Bertz CT molecular complexity index is 1270. The second kappa shape index (κ2) is 9.18. The van der Waals surface area contributed by atoms with Crippen molar-refractivity contribution >= 4 is 0 Å². The molecule has 0 N–H and O–H groups in total. The van der Waals surface area contributed by atoms with E-state index in [0.717, 1.165) is 6.42 Å². The molecule has 4 rings (SSSR count). The van der Waals surface area contributed by atoms with E-state index >= 15 is 0 Å². The highest BCUT2D eigenvalue weighted by atomic mass is 15.0. The predicted molar refractivity (Wildman–Crippen MR) is 140 cm³/mol. The Balaban J connectivity index is 1.87. The molecular formula is C32H38N2+2. The van der Waals surface area contributed by atoms with Gasteiger partial charge in [-0.25, -0.2) is 9.13 Å². The zero-order valence-electron chi connectivity index (χ0n) is 21.8. The van der Waals surface area contributed by atoms with Crippen molar-refractivity contribution in [3.8, 4) is 0 Å². The van der Waals surface area contributed by atoms with Crippen LogP contribution in [0.4, 0.5) is 0 Å². The first kappa shape index (κ1) is 23.9. The van der Waals surface area contributed by atoms with E-state index in [2.05, 4.69) is 149 Å². The number of nitrogens with zero attached hydrogens (tertiary/aromatic N) is 2. The molecule has 0 fully saturated rings. The van der Waals surface area contributed by atoms with Crippen LogP contribution in [0.1, 0.15) is 60.1 Å². The number of hydrogen-bond donors (Lipinski definition) is 0. The highest BCUT2D eigenvalue weighted by Gasteiger charge is 2.41. The Morgan fingerprint density at radius 3 is 1.79 bits per heavy atom. The van der Waals surface area contributed by atoms with Gasteiger partial charge in [0.25, 0.3) is 0 Å². The minimum absolute atomic E-state index is 0.105. The normalized spacial score (nSPS) is 13.5. The minimum atomic E-state index is -0.176. The smallest absolute Gasteiger partial charge is 0.192 e. The molecule has 2 heteroatoms. The lowest BCUT2D eigenvalue weighted by Crippen LogP contribution is -2.49. The molecule has 2 nitrogen and oxygen atoms in total. The van der Waals surface area contributed by atoms with E-state index in [1.54, 1.807) is 0 Å². The molecule has 0 aliphatic rings. The van der Waals surface area contributed by atoms with Crippen molar-refractivity contribution in [1.29, 1.82) is 0 Å². The quantitative estimate of drug-likeness (QED) is 0.327. The largest absolute Gasteiger partial charge is 0.204 e. The van der Waals surface area contributed by atoms with E-state index in [1.807, 2.05) is 0 Å². The van der Waals surface area contributed by atoms with Gasteiger partial charge in [-0.1, -0.05) is 54.6 Å². The van der Waals surface area contributed by atoms with Crippen molar-refractivity contribution in [2.24, 2.45) is 14.1 Å². The van der Waals surface area contributed by atoms with Crippen molar-refractivity contribution in [2.75, 3.05) is 0 Å². The molecule has 4 aromatic rings. The summed E-state index contributed by atoms with van der Waals surface area (Å²) in [6.45, 7) is 11.5. The second-order valence-corrected chi connectivity index (χ2v) is 10.4. The van der Waals surface area contributed by atoms with Gasteiger partial charge in [-0.3, -0.25) is 0 Å². The number of aromatic nitrogens is 2. The van der Waals surface area contributed by atoms with Crippen molar-refractivity contribution in [1.82, 2.24) is 0 Å². The Morgan fingerprint density at radius 2 is 1.18 bits per heavy atom.